The maximum atomic E-state index is 13.2. The monoisotopic (exact) mass is 382 g/mol. The summed E-state index contributed by atoms with van der Waals surface area (Å²) < 4.78 is 0. The van der Waals surface area contributed by atoms with Gasteiger partial charge in [-0.1, -0.05) is 42.8 Å². The fourth-order valence-electron chi connectivity index (χ4n) is 3.58. The Morgan fingerprint density at radius 2 is 2.04 bits per heavy atom. The number of nitrogens with zero attached hydrogens (tertiary/aromatic N) is 2. The zero-order valence-electron chi connectivity index (χ0n) is 16.0. The molecule has 1 aliphatic rings. The summed E-state index contributed by atoms with van der Waals surface area (Å²) in [6.07, 6.45) is 2.92. The van der Waals surface area contributed by atoms with E-state index in [1.54, 1.807) is 22.3 Å². The van der Waals surface area contributed by atoms with E-state index >= 15 is 0 Å². The van der Waals surface area contributed by atoms with Gasteiger partial charge in [-0.2, -0.15) is 0 Å². The first-order valence-electron chi connectivity index (χ1n) is 9.36. The smallest absolute Gasteiger partial charge is 0.243 e. The van der Waals surface area contributed by atoms with Crippen molar-refractivity contribution >= 4 is 23.2 Å². The average molecular weight is 383 g/mol. The van der Waals surface area contributed by atoms with Crippen LogP contribution in [-0.2, 0) is 16.0 Å². The molecule has 0 radical (unpaired) electrons. The predicted molar refractivity (Wildman–Crippen MR) is 110 cm³/mol. The summed E-state index contributed by atoms with van der Waals surface area (Å²) in [5.41, 5.74) is 3.52. The molecular weight excluding hydrogens is 356 g/mol. The molecule has 0 spiro atoms. The summed E-state index contributed by atoms with van der Waals surface area (Å²) in [5, 5.41) is 2.10. The molecule has 1 aromatic carbocycles. The Morgan fingerprint density at radius 3 is 2.70 bits per heavy atom. The molecule has 0 saturated heterocycles. The van der Waals surface area contributed by atoms with Crippen molar-refractivity contribution in [2.24, 2.45) is 0 Å². The minimum absolute atomic E-state index is 0.0129. The second-order valence-corrected chi connectivity index (χ2v) is 7.87. The standard InChI is InChI=1S/C22H26N2O2S/c1-4-12-23(20(25)5-2)15-21(26)24-13-10-19-18(11-14-27-19)22(24)17-8-6-16(3)7-9-17/h4,6-9,11,14,22H,1,5,10,12-13,15H2,2-3H3. The molecule has 27 heavy (non-hydrogen) atoms. The zero-order valence-corrected chi connectivity index (χ0v) is 16.8. The molecule has 0 N–H and O–H groups in total. The summed E-state index contributed by atoms with van der Waals surface area (Å²) in [7, 11) is 0. The molecular formula is C22H26N2O2S. The Labute approximate surface area is 165 Å². The highest BCUT2D eigenvalue weighted by Crippen LogP contribution is 2.37. The van der Waals surface area contributed by atoms with Crippen LogP contribution >= 0.6 is 11.3 Å². The van der Waals surface area contributed by atoms with Crippen LogP contribution in [0.3, 0.4) is 0 Å². The van der Waals surface area contributed by atoms with Gasteiger partial charge in [0.2, 0.25) is 11.8 Å². The summed E-state index contributed by atoms with van der Waals surface area (Å²) >= 11 is 1.76. The van der Waals surface area contributed by atoms with E-state index in [9.17, 15) is 9.59 Å². The molecule has 0 aliphatic carbocycles. The summed E-state index contributed by atoms with van der Waals surface area (Å²) in [4.78, 5) is 30.2. The average Bonchev–Trinajstić information content (AvgIpc) is 3.15. The van der Waals surface area contributed by atoms with E-state index in [1.165, 1.54) is 16.0 Å². The van der Waals surface area contributed by atoms with Gasteiger partial charge in [0.25, 0.3) is 0 Å². The van der Waals surface area contributed by atoms with Gasteiger partial charge in [0.15, 0.2) is 0 Å². The SMILES string of the molecule is C=CCN(CC(=O)N1CCc2sccc2C1c1ccc(C)cc1)C(=O)CC. The molecule has 3 rings (SSSR count). The third-order valence-corrected chi connectivity index (χ3v) is 6.01. The summed E-state index contributed by atoms with van der Waals surface area (Å²) in [5.74, 6) is -0.0376. The number of aryl methyl sites for hydroxylation is 1. The number of thiophene rings is 1. The van der Waals surface area contributed by atoms with Crippen molar-refractivity contribution in [3.8, 4) is 0 Å². The summed E-state index contributed by atoms with van der Waals surface area (Å²) in [6.45, 7) is 8.76. The highest BCUT2D eigenvalue weighted by atomic mass is 32.1. The number of rotatable bonds is 6. The summed E-state index contributed by atoms with van der Waals surface area (Å²) in [6, 6.07) is 10.4. The number of carbonyl (C=O) groups is 2. The third-order valence-electron chi connectivity index (χ3n) is 5.01. The van der Waals surface area contributed by atoms with Crippen molar-refractivity contribution in [3.05, 3.63) is 69.9 Å². The van der Waals surface area contributed by atoms with Crippen molar-refractivity contribution in [3.63, 3.8) is 0 Å². The second-order valence-electron chi connectivity index (χ2n) is 6.87. The van der Waals surface area contributed by atoms with Crippen molar-refractivity contribution < 1.29 is 9.59 Å². The van der Waals surface area contributed by atoms with Gasteiger partial charge in [0.05, 0.1) is 6.04 Å². The second kappa shape index (κ2) is 8.53. The molecule has 2 amide bonds. The van der Waals surface area contributed by atoms with E-state index in [1.807, 2.05) is 11.8 Å². The maximum absolute atomic E-state index is 13.2. The first kappa shape index (κ1) is 19.4. The van der Waals surface area contributed by atoms with Crippen molar-refractivity contribution in [2.45, 2.75) is 32.7 Å². The van der Waals surface area contributed by atoms with Gasteiger partial charge in [-0.15, -0.1) is 17.9 Å². The van der Waals surface area contributed by atoms with E-state index in [0.29, 0.717) is 19.5 Å². The Morgan fingerprint density at radius 1 is 1.30 bits per heavy atom. The third kappa shape index (κ3) is 4.14. The lowest BCUT2D eigenvalue weighted by atomic mass is 9.92. The normalized spacial score (nSPS) is 15.9. The maximum Gasteiger partial charge on any atom is 0.243 e. The van der Waals surface area contributed by atoms with Crippen LogP contribution in [0.5, 0.6) is 0 Å². The number of hydrogen-bond acceptors (Lipinski definition) is 3. The molecule has 0 fully saturated rings. The first-order valence-corrected chi connectivity index (χ1v) is 10.2. The Kier molecular flexibility index (Phi) is 6.11. The lowest BCUT2D eigenvalue weighted by Crippen LogP contribution is -2.46. The van der Waals surface area contributed by atoms with Crippen LogP contribution in [0.2, 0.25) is 0 Å². The number of benzene rings is 1. The molecule has 5 heteroatoms. The number of hydrogen-bond donors (Lipinski definition) is 0. The predicted octanol–water partition coefficient (Wildman–Crippen LogP) is 3.96. The minimum Gasteiger partial charge on any atom is -0.330 e. The van der Waals surface area contributed by atoms with Crippen LogP contribution in [0.4, 0.5) is 0 Å². The minimum atomic E-state index is -0.0876. The van der Waals surface area contributed by atoms with Gasteiger partial charge < -0.3 is 9.80 Å². The van der Waals surface area contributed by atoms with Crippen LogP contribution in [0, 0.1) is 6.92 Å². The quantitative estimate of drug-likeness (QED) is 0.710. The van der Waals surface area contributed by atoms with Gasteiger partial charge >= 0.3 is 0 Å². The number of amides is 2. The molecule has 4 nitrogen and oxygen atoms in total. The molecule has 1 unspecified atom stereocenters. The molecule has 0 saturated carbocycles. The molecule has 0 bridgehead atoms. The van der Waals surface area contributed by atoms with Crippen LogP contribution < -0.4 is 0 Å². The van der Waals surface area contributed by atoms with Gasteiger partial charge in [-0.25, -0.2) is 0 Å². The largest absolute Gasteiger partial charge is 0.330 e. The molecule has 142 valence electrons. The van der Waals surface area contributed by atoms with Crippen LogP contribution in [0.1, 0.15) is 41.0 Å². The van der Waals surface area contributed by atoms with Gasteiger partial charge in [0.1, 0.15) is 6.54 Å². The van der Waals surface area contributed by atoms with Crippen molar-refractivity contribution in [1.82, 2.24) is 9.80 Å². The lowest BCUT2D eigenvalue weighted by molar-refractivity contribution is -0.141. The highest BCUT2D eigenvalue weighted by molar-refractivity contribution is 7.10. The number of fused-ring (bicyclic) bond motifs is 1. The van der Waals surface area contributed by atoms with Crippen molar-refractivity contribution in [2.75, 3.05) is 19.6 Å². The Bertz CT molecular complexity index is 825. The van der Waals surface area contributed by atoms with Gasteiger partial charge in [0, 0.05) is 24.4 Å². The fraction of sp³-hybridized carbons (Fsp3) is 0.364. The molecule has 1 aliphatic heterocycles. The number of carbonyl (C=O) groups excluding carboxylic acids is 2. The Hall–Kier alpha value is -2.40. The molecule has 1 aromatic heterocycles. The molecule has 2 heterocycles. The first-order chi connectivity index (χ1) is 13.0. The van der Waals surface area contributed by atoms with Crippen LogP contribution in [0.15, 0.2) is 48.4 Å². The van der Waals surface area contributed by atoms with E-state index in [4.69, 9.17) is 0 Å². The van der Waals surface area contributed by atoms with E-state index in [-0.39, 0.29) is 24.4 Å². The zero-order chi connectivity index (χ0) is 19.4. The van der Waals surface area contributed by atoms with E-state index in [0.717, 1.165) is 12.0 Å². The molecule has 1 atom stereocenters. The van der Waals surface area contributed by atoms with Gasteiger partial charge in [-0.05, 0) is 35.9 Å². The topological polar surface area (TPSA) is 40.6 Å². The Balaban J connectivity index is 1.90. The van der Waals surface area contributed by atoms with E-state index in [2.05, 4.69) is 49.2 Å². The van der Waals surface area contributed by atoms with Crippen molar-refractivity contribution in [1.29, 1.82) is 0 Å². The molecule has 2 aromatic rings. The van der Waals surface area contributed by atoms with Gasteiger partial charge in [-0.3, -0.25) is 9.59 Å². The van der Waals surface area contributed by atoms with Crippen LogP contribution in [-0.4, -0.2) is 41.2 Å². The van der Waals surface area contributed by atoms with E-state index < -0.39 is 0 Å². The van der Waals surface area contributed by atoms with Crippen LogP contribution in [0.25, 0.3) is 0 Å². The fourth-order valence-corrected chi connectivity index (χ4v) is 4.49. The lowest BCUT2D eigenvalue weighted by Gasteiger charge is -2.37. The highest BCUT2D eigenvalue weighted by Gasteiger charge is 2.33.